The molecule has 3 rings (SSSR count). The Morgan fingerprint density at radius 3 is 2.12 bits per heavy atom. The third-order valence-corrected chi connectivity index (χ3v) is 6.76. The molecule has 0 unspecified atom stereocenters. The molecule has 0 radical (unpaired) electrons. The molecule has 0 heterocycles. The average molecular weight is 454 g/mol. The molecule has 32 heavy (non-hydrogen) atoms. The lowest BCUT2D eigenvalue weighted by atomic mass is 10.1. The molecule has 0 bridgehead atoms. The molecule has 0 saturated heterocycles. The van der Waals surface area contributed by atoms with Gasteiger partial charge in [0.25, 0.3) is 0 Å². The highest BCUT2D eigenvalue weighted by molar-refractivity contribution is 7.89. The highest BCUT2D eigenvalue weighted by atomic mass is 32.2. The Hall–Kier alpha value is -3.00. The lowest BCUT2D eigenvalue weighted by Gasteiger charge is -2.25. The first-order chi connectivity index (χ1) is 15.4. The summed E-state index contributed by atoms with van der Waals surface area (Å²) in [5, 5.41) is 10.6. The Bertz CT molecular complexity index is 1100. The summed E-state index contributed by atoms with van der Waals surface area (Å²) in [6, 6.07) is 24.1. The van der Waals surface area contributed by atoms with Crippen molar-refractivity contribution < 1.29 is 23.1 Å². The third-order valence-electron chi connectivity index (χ3n) is 4.94. The molecule has 7 heteroatoms. The predicted octanol–water partition coefficient (Wildman–Crippen LogP) is 3.91. The number of hydrogen-bond donors (Lipinski definition) is 1. The Morgan fingerprint density at radius 2 is 1.53 bits per heavy atom. The third kappa shape index (κ3) is 6.26. The van der Waals surface area contributed by atoms with Crippen LogP contribution in [0.4, 0.5) is 0 Å². The van der Waals surface area contributed by atoms with Crippen LogP contribution in [-0.2, 0) is 16.6 Å². The summed E-state index contributed by atoms with van der Waals surface area (Å²) in [5.74, 6) is 0.538. The number of benzene rings is 3. The van der Waals surface area contributed by atoms with Crippen LogP contribution in [0.3, 0.4) is 0 Å². The Kier molecular flexibility index (Phi) is 8.16. The number of nitrogens with zero attached hydrogens (tertiary/aromatic N) is 1. The molecule has 6 nitrogen and oxygen atoms in total. The van der Waals surface area contributed by atoms with E-state index in [9.17, 15) is 18.3 Å². The van der Waals surface area contributed by atoms with Gasteiger partial charge in [0, 0.05) is 25.1 Å². The van der Waals surface area contributed by atoms with E-state index in [1.807, 2.05) is 30.3 Å². The van der Waals surface area contributed by atoms with Crippen molar-refractivity contribution in [3.05, 3.63) is 96.1 Å². The summed E-state index contributed by atoms with van der Waals surface area (Å²) in [6.45, 7) is 1.71. The molecule has 0 fully saturated rings. The van der Waals surface area contributed by atoms with Crippen LogP contribution in [0, 0.1) is 0 Å². The Balaban J connectivity index is 1.70. The molecule has 0 saturated carbocycles. The second-order valence-corrected chi connectivity index (χ2v) is 9.30. The highest BCUT2D eigenvalue weighted by Crippen LogP contribution is 2.19. The van der Waals surface area contributed by atoms with E-state index in [4.69, 9.17) is 4.74 Å². The van der Waals surface area contributed by atoms with Crippen LogP contribution in [0.5, 0.6) is 5.75 Å². The van der Waals surface area contributed by atoms with Crippen molar-refractivity contribution in [3.63, 3.8) is 0 Å². The van der Waals surface area contributed by atoms with Crippen molar-refractivity contribution >= 4 is 15.8 Å². The van der Waals surface area contributed by atoms with Gasteiger partial charge in [0.2, 0.25) is 10.0 Å². The first-order valence-electron chi connectivity index (χ1n) is 10.4. The minimum Gasteiger partial charge on any atom is -0.491 e. The molecule has 0 aliphatic carbocycles. The molecule has 0 aromatic heterocycles. The lowest BCUT2D eigenvalue weighted by Crippen LogP contribution is -2.39. The maximum Gasteiger partial charge on any atom is 0.243 e. The fraction of sp³-hybridized carbons (Fsp3) is 0.240. The number of ketones is 1. The van der Waals surface area contributed by atoms with Crippen molar-refractivity contribution in [3.8, 4) is 5.75 Å². The molecule has 1 N–H and O–H groups in total. The van der Waals surface area contributed by atoms with Crippen molar-refractivity contribution in [2.75, 3.05) is 13.2 Å². The molecular formula is C25H27NO5S. The molecule has 0 amide bonds. The minimum absolute atomic E-state index is 0.0410. The van der Waals surface area contributed by atoms with Crippen LogP contribution < -0.4 is 4.74 Å². The maximum atomic E-state index is 13.2. The molecule has 168 valence electrons. The average Bonchev–Trinajstić information content (AvgIpc) is 2.83. The van der Waals surface area contributed by atoms with Crippen molar-refractivity contribution in [1.82, 2.24) is 4.31 Å². The monoisotopic (exact) mass is 453 g/mol. The summed E-state index contributed by atoms with van der Waals surface area (Å²) < 4.78 is 33.3. The van der Waals surface area contributed by atoms with E-state index in [0.29, 0.717) is 17.7 Å². The van der Waals surface area contributed by atoms with Gasteiger partial charge in [0.05, 0.1) is 4.90 Å². The molecule has 0 aliphatic rings. The second kappa shape index (κ2) is 11.0. The molecule has 0 spiro atoms. The van der Waals surface area contributed by atoms with Gasteiger partial charge >= 0.3 is 0 Å². The van der Waals surface area contributed by atoms with Crippen LogP contribution in [0.2, 0.25) is 0 Å². The predicted molar refractivity (Wildman–Crippen MR) is 123 cm³/mol. The fourth-order valence-corrected chi connectivity index (χ4v) is 4.68. The van der Waals surface area contributed by atoms with E-state index in [0.717, 1.165) is 5.56 Å². The van der Waals surface area contributed by atoms with Crippen molar-refractivity contribution in [1.29, 1.82) is 0 Å². The zero-order valence-electron chi connectivity index (χ0n) is 17.9. The van der Waals surface area contributed by atoms with E-state index < -0.39 is 16.1 Å². The number of carbonyl (C=O) groups excluding carboxylic acids is 1. The summed E-state index contributed by atoms with van der Waals surface area (Å²) >= 11 is 0. The summed E-state index contributed by atoms with van der Waals surface area (Å²) in [7, 11) is -3.82. The van der Waals surface area contributed by atoms with Gasteiger partial charge < -0.3 is 9.84 Å². The van der Waals surface area contributed by atoms with Crippen molar-refractivity contribution in [2.45, 2.75) is 30.9 Å². The topological polar surface area (TPSA) is 83.9 Å². The van der Waals surface area contributed by atoms with E-state index in [2.05, 4.69) is 0 Å². The van der Waals surface area contributed by atoms with Crippen LogP contribution in [0.15, 0.2) is 89.8 Å². The van der Waals surface area contributed by atoms with Gasteiger partial charge in [-0.3, -0.25) is 4.79 Å². The number of carbonyl (C=O) groups is 1. The minimum atomic E-state index is -3.82. The molecule has 3 aromatic carbocycles. The standard InChI is InChI=1S/C25H27NO5S/c1-2-25(28)21-13-15-23(16-14-21)31-19-22(27)18-26(17-20-9-5-3-6-10-20)32(29,30)24-11-7-4-8-12-24/h3-16,22,27H,2,17-19H2,1H3/t22-/m1/s1. The van der Waals surface area contributed by atoms with Gasteiger partial charge in [-0.1, -0.05) is 55.5 Å². The van der Waals surface area contributed by atoms with Gasteiger partial charge in [0.15, 0.2) is 5.78 Å². The number of aliphatic hydroxyl groups is 1. The quantitative estimate of drug-likeness (QED) is 0.445. The lowest BCUT2D eigenvalue weighted by molar-refractivity contribution is 0.0880. The fourth-order valence-electron chi connectivity index (χ4n) is 3.20. The molecule has 1 atom stereocenters. The molecule has 0 aliphatic heterocycles. The van der Waals surface area contributed by atoms with E-state index >= 15 is 0 Å². The zero-order chi connectivity index (χ0) is 23.0. The first kappa shape index (κ1) is 23.7. The van der Waals surface area contributed by atoms with Crippen LogP contribution in [0.1, 0.15) is 29.3 Å². The van der Waals surface area contributed by atoms with E-state index in [1.54, 1.807) is 49.4 Å². The Labute approximate surface area is 189 Å². The smallest absolute Gasteiger partial charge is 0.243 e. The number of Topliss-reactive ketones (excluding diaryl/α,β-unsaturated/α-hetero) is 1. The summed E-state index contributed by atoms with van der Waals surface area (Å²) in [4.78, 5) is 11.9. The van der Waals surface area contributed by atoms with Gasteiger partial charge in [-0.15, -0.1) is 0 Å². The van der Waals surface area contributed by atoms with E-state index in [1.165, 1.54) is 16.4 Å². The number of ether oxygens (including phenoxy) is 1. The SMILES string of the molecule is CCC(=O)c1ccc(OC[C@H](O)CN(Cc2ccccc2)S(=O)(=O)c2ccccc2)cc1. The normalized spacial score (nSPS) is 12.5. The summed E-state index contributed by atoms with van der Waals surface area (Å²) in [5.41, 5.74) is 1.42. The zero-order valence-corrected chi connectivity index (χ0v) is 18.7. The van der Waals surface area contributed by atoms with Crippen LogP contribution in [0.25, 0.3) is 0 Å². The van der Waals surface area contributed by atoms with Crippen molar-refractivity contribution in [2.24, 2.45) is 0 Å². The van der Waals surface area contributed by atoms with Gasteiger partial charge in [-0.25, -0.2) is 8.42 Å². The number of rotatable bonds is 11. The van der Waals surface area contributed by atoms with Gasteiger partial charge in [-0.2, -0.15) is 4.31 Å². The Morgan fingerprint density at radius 1 is 0.938 bits per heavy atom. The van der Waals surface area contributed by atoms with Crippen LogP contribution >= 0.6 is 0 Å². The van der Waals surface area contributed by atoms with Gasteiger partial charge in [0.1, 0.15) is 18.5 Å². The number of hydrogen-bond acceptors (Lipinski definition) is 5. The van der Waals surface area contributed by atoms with Crippen LogP contribution in [-0.4, -0.2) is 42.9 Å². The first-order valence-corrected chi connectivity index (χ1v) is 11.9. The van der Waals surface area contributed by atoms with Gasteiger partial charge in [-0.05, 0) is 42.0 Å². The maximum absolute atomic E-state index is 13.2. The molecule has 3 aromatic rings. The number of aliphatic hydroxyl groups excluding tert-OH is 1. The summed E-state index contributed by atoms with van der Waals surface area (Å²) in [6.07, 6.45) is -0.624. The highest BCUT2D eigenvalue weighted by Gasteiger charge is 2.27. The number of sulfonamides is 1. The van der Waals surface area contributed by atoms with E-state index in [-0.39, 0.29) is 30.4 Å². The second-order valence-electron chi connectivity index (χ2n) is 7.36. The largest absolute Gasteiger partial charge is 0.491 e. The molecular weight excluding hydrogens is 426 g/mol.